The second-order valence-electron chi connectivity index (χ2n) is 10.1. The maximum absolute atomic E-state index is 12.3. The van der Waals surface area contributed by atoms with E-state index in [0.29, 0.717) is 18.7 Å². The molecule has 9 nitrogen and oxygen atoms in total. The van der Waals surface area contributed by atoms with E-state index in [1.54, 1.807) is 24.5 Å². The Kier molecular flexibility index (Phi) is 6.90. The topological polar surface area (TPSA) is 116 Å². The SMILES string of the molecule is CC(C)(C)OC(=O)NC1CN(c2ccc3nc(-c4ccncc4)c(-c4ccc(C#N)cc4)nc3c2)CCN1. The van der Waals surface area contributed by atoms with Crippen LogP contribution in [-0.4, -0.2) is 52.4 Å². The molecule has 1 aliphatic heterocycles. The number of piperazine rings is 1. The fourth-order valence-electron chi connectivity index (χ4n) is 4.39. The Morgan fingerprint density at radius 3 is 2.39 bits per heavy atom. The number of hydrogen-bond donors (Lipinski definition) is 2. The third-order valence-corrected chi connectivity index (χ3v) is 6.12. The third-order valence-electron chi connectivity index (χ3n) is 6.12. The highest BCUT2D eigenvalue weighted by atomic mass is 16.6. The summed E-state index contributed by atoms with van der Waals surface area (Å²) in [6, 6.07) is 19.4. The van der Waals surface area contributed by atoms with Crippen molar-refractivity contribution in [3.8, 4) is 28.6 Å². The normalized spacial score (nSPS) is 15.6. The highest BCUT2D eigenvalue weighted by Gasteiger charge is 2.24. The van der Waals surface area contributed by atoms with Gasteiger partial charge in [-0.05, 0) is 63.2 Å². The Hall–Kier alpha value is -4.55. The lowest BCUT2D eigenvalue weighted by molar-refractivity contribution is 0.0493. The molecule has 2 aromatic heterocycles. The number of fused-ring (bicyclic) bond motifs is 1. The van der Waals surface area contributed by atoms with Gasteiger partial charge in [0.1, 0.15) is 11.8 Å². The number of nitrogens with one attached hydrogen (secondary N) is 2. The Morgan fingerprint density at radius 2 is 1.71 bits per heavy atom. The van der Waals surface area contributed by atoms with Gasteiger partial charge in [-0.25, -0.2) is 14.8 Å². The molecule has 1 saturated heterocycles. The number of aromatic nitrogens is 3. The van der Waals surface area contributed by atoms with Crippen LogP contribution in [0.1, 0.15) is 26.3 Å². The van der Waals surface area contributed by atoms with Crippen LogP contribution in [0.4, 0.5) is 10.5 Å². The number of carbonyl (C=O) groups excluding carboxylic acids is 1. The fraction of sp³-hybridized carbons (Fsp3) is 0.276. The van der Waals surface area contributed by atoms with Gasteiger partial charge in [0, 0.05) is 42.3 Å². The van der Waals surface area contributed by atoms with Crippen molar-refractivity contribution in [1.82, 2.24) is 25.6 Å². The van der Waals surface area contributed by atoms with E-state index in [-0.39, 0.29) is 6.17 Å². The molecule has 2 aromatic carbocycles. The van der Waals surface area contributed by atoms with Gasteiger partial charge in [-0.1, -0.05) is 12.1 Å². The molecule has 1 unspecified atom stereocenters. The van der Waals surface area contributed by atoms with Crippen LogP contribution < -0.4 is 15.5 Å². The summed E-state index contributed by atoms with van der Waals surface area (Å²) in [5.74, 6) is 0. The fourth-order valence-corrected chi connectivity index (χ4v) is 4.39. The molecule has 1 atom stereocenters. The molecular weight excluding hydrogens is 478 g/mol. The summed E-state index contributed by atoms with van der Waals surface area (Å²) in [6.07, 6.45) is 2.78. The molecular formula is C29H29N7O2. The van der Waals surface area contributed by atoms with Crippen LogP contribution in [0.5, 0.6) is 0 Å². The molecule has 1 fully saturated rings. The second-order valence-corrected chi connectivity index (χ2v) is 10.1. The van der Waals surface area contributed by atoms with E-state index >= 15 is 0 Å². The van der Waals surface area contributed by atoms with E-state index in [1.165, 1.54) is 0 Å². The first kappa shape index (κ1) is 25.1. The lowest BCUT2D eigenvalue weighted by Crippen LogP contribution is -2.59. The van der Waals surface area contributed by atoms with Gasteiger partial charge in [0.05, 0.1) is 40.6 Å². The van der Waals surface area contributed by atoms with Gasteiger partial charge in [0.25, 0.3) is 0 Å². The van der Waals surface area contributed by atoms with E-state index in [9.17, 15) is 10.1 Å². The lowest BCUT2D eigenvalue weighted by Gasteiger charge is -2.35. The number of anilines is 1. The molecule has 0 spiro atoms. The van der Waals surface area contributed by atoms with E-state index in [0.717, 1.165) is 45.8 Å². The van der Waals surface area contributed by atoms with Gasteiger partial charge in [-0.2, -0.15) is 5.26 Å². The van der Waals surface area contributed by atoms with E-state index in [4.69, 9.17) is 14.7 Å². The number of carbonyl (C=O) groups is 1. The monoisotopic (exact) mass is 507 g/mol. The first-order chi connectivity index (χ1) is 18.3. The van der Waals surface area contributed by atoms with Crippen molar-refractivity contribution >= 4 is 22.8 Å². The van der Waals surface area contributed by atoms with Crippen LogP contribution in [-0.2, 0) is 4.74 Å². The molecule has 38 heavy (non-hydrogen) atoms. The molecule has 4 aromatic rings. The number of pyridine rings is 1. The average molecular weight is 508 g/mol. The molecule has 5 rings (SSSR count). The average Bonchev–Trinajstić information content (AvgIpc) is 2.91. The molecule has 0 aliphatic carbocycles. The first-order valence-electron chi connectivity index (χ1n) is 12.5. The number of nitrogens with zero attached hydrogens (tertiary/aromatic N) is 5. The van der Waals surface area contributed by atoms with E-state index in [2.05, 4.69) is 26.6 Å². The van der Waals surface area contributed by atoms with Crippen LogP contribution in [0.3, 0.4) is 0 Å². The Morgan fingerprint density at radius 1 is 1.03 bits per heavy atom. The number of rotatable bonds is 4. The zero-order valence-corrected chi connectivity index (χ0v) is 21.6. The Labute approximate surface area is 221 Å². The minimum atomic E-state index is -0.558. The smallest absolute Gasteiger partial charge is 0.408 e. The maximum Gasteiger partial charge on any atom is 0.408 e. The van der Waals surface area contributed by atoms with Crippen molar-refractivity contribution in [1.29, 1.82) is 5.26 Å². The van der Waals surface area contributed by atoms with Gasteiger partial charge >= 0.3 is 6.09 Å². The number of alkyl carbamates (subject to hydrolysis) is 1. The van der Waals surface area contributed by atoms with Crippen molar-refractivity contribution in [3.05, 3.63) is 72.6 Å². The highest BCUT2D eigenvalue weighted by Crippen LogP contribution is 2.32. The number of hydrogen-bond acceptors (Lipinski definition) is 8. The minimum Gasteiger partial charge on any atom is -0.444 e. The van der Waals surface area contributed by atoms with Crippen LogP contribution in [0.15, 0.2) is 67.0 Å². The van der Waals surface area contributed by atoms with Crippen molar-refractivity contribution in [2.24, 2.45) is 0 Å². The first-order valence-corrected chi connectivity index (χ1v) is 12.5. The van der Waals surface area contributed by atoms with E-state index in [1.807, 2.05) is 63.2 Å². The van der Waals surface area contributed by atoms with Gasteiger partial charge < -0.3 is 15.0 Å². The molecule has 9 heteroatoms. The number of benzene rings is 2. The second kappa shape index (κ2) is 10.4. The quantitative estimate of drug-likeness (QED) is 0.415. The number of nitriles is 1. The molecule has 0 saturated carbocycles. The number of ether oxygens (including phenoxy) is 1. The summed E-state index contributed by atoms with van der Waals surface area (Å²) in [4.78, 5) is 28.6. The van der Waals surface area contributed by atoms with Crippen LogP contribution >= 0.6 is 0 Å². The molecule has 192 valence electrons. The minimum absolute atomic E-state index is 0.247. The Bertz CT molecular complexity index is 1490. The van der Waals surface area contributed by atoms with Crippen LogP contribution in [0.25, 0.3) is 33.5 Å². The summed E-state index contributed by atoms with van der Waals surface area (Å²) in [5, 5.41) is 15.5. The lowest BCUT2D eigenvalue weighted by atomic mass is 10.0. The summed E-state index contributed by atoms with van der Waals surface area (Å²) >= 11 is 0. The summed E-state index contributed by atoms with van der Waals surface area (Å²) in [7, 11) is 0. The van der Waals surface area contributed by atoms with Gasteiger partial charge in [0.15, 0.2) is 0 Å². The van der Waals surface area contributed by atoms with Crippen molar-refractivity contribution in [2.45, 2.75) is 32.5 Å². The molecule has 1 aliphatic rings. The summed E-state index contributed by atoms with van der Waals surface area (Å²) < 4.78 is 5.41. The van der Waals surface area contributed by atoms with E-state index < -0.39 is 11.7 Å². The molecule has 2 N–H and O–H groups in total. The molecule has 1 amide bonds. The largest absolute Gasteiger partial charge is 0.444 e. The molecule has 0 radical (unpaired) electrons. The zero-order chi connectivity index (χ0) is 26.7. The number of amides is 1. The zero-order valence-electron chi connectivity index (χ0n) is 21.6. The predicted molar refractivity (Wildman–Crippen MR) is 146 cm³/mol. The van der Waals surface area contributed by atoms with Gasteiger partial charge in [-0.15, -0.1) is 0 Å². The summed E-state index contributed by atoms with van der Waals surface area (Å²) in [6.45, 7) is 7.60. The van der Waals surface area contributed by atoms with Gasteiger partial charge in [0.2, 0.25) is 0 Å². The highest BCUT2D eigenvalue weighted by molar-refractivity contribution is 5.88. The standard InChI is InChI=1S/C29H29N7O2/c1-29(2,3)38-28(37)35-25-18-36(15-14-32-25)22-8-9-23-24(16-22)34-26(20-6-4-19(17-30)5-7-20)27(33-23)21-10-12-31-13-11-21/h4-13,16,25,32H,14-15,18H2,1-3H3,(H,35,37). The molecule has 3 heterocycles. The van der Waals surface area contributed by atoms with Crippen molar-refractivity contribution in [2.75, 3.05) is 24.5 Å². The van der Waals surface area contributed by atoms with Crippen LogP contribution in [0.2, 0.25) is 0 Å². The van der Waals surface area contributed by atoms with Crippen LogP contribution in [0, 0.1) is 11.3 Å². The summed E-state index contributed by atoms with van der Waals surface area (Å²) in [5.41, 5.74) is 5.82. The van der Waals surface area contributed by atoms with Gasteiger partial charge in [-0.3, -0.25) is 10.3 Å². The molecule has 0 bridgehead atoms. The predicted octanol–water partition coefficient (Wildman–Crippen LogP) is 4.49. The van der Waals surface area contributed by atoms with Crippen molar-refractivity contribution < 1.29 is 9.53 Å². The maximum atomic E-state index is 12.3. The third kappa shape index (κ3) is 5.71. The Balaban J connectivity index is 1.47. The van der Waals surface area contributed by atoms with Crippen molar-refractivity contribution in [3.63, 3.8) is 0 Å².